The van der Waals surface area contributed by atoms with Gasteiger partial charge in [-0.15, -0.1) is 0 Å². The van der Waals surface area contributed by atoms with Gasteiger partial charge >= 0.3 is 0 Å². The topological polar surface area (TPSA) is 0 Å². The Morgan fingerprint density at radius 2 is 0.597 bits per heavy atom. The maximum absolute atomic E-state index is 2.57. The average molecular weight is 909 g/mol. The van der Waals surface area contributed by atoms with E-state index in [1.165, 1.54) is 153 Å². The van der Waals surface area contributed by atoms with E-state index in [1.54, 1.807) is 0 Å². The molecule has 0 aliphatic rings. The molecular formula is C72H44. The highest BCUT2D eigenvalue weighted by Gasteiger charge is 2.27. The number of hydrogen-bond acceptors (Lipinski definition) is 0. The van der Waals surface area contributed by atoms with E-state index in [9.17, 15) is 0 Å². The molecule has 0 heterocycles. The fourth-order valence-corrected chi connectivity index (χ4v) is 12.5. The Kier molecular flexibility index (Phi) is 9.06. The molecule has 15 rings (SSSR count). The van der Waals surface area contributed by atoms with Gasteiger partial charge in [-0.05, 0) is 171 Å². The lowest BCUT2D eigenvalue weighted by Gasteiger charge is -2.19. The number of rotatable bonds is 7. The summed E-state index contributed by atoms with van der Waals surface area (Å²) in [7, 11) is 0. The van der Waals surface area contributed by atoms with Crippen LogP contribution in [0.4, 0.5) is 0 Å². The zero-order valence-corrected chi connectivity index (χ0v) is 39.4. The molecule has 0 unspecified atom stereocenters. The minimum Gasteiger partial charge on any atom is -0.0622 e. The quantitative estimate of drug-likeness (QED) is 0.140. The fraction of sp³-hybridized carbons (Fsp3) is 0. The molecule has 72 heavy (non-hydrogen) atoms. The molecule has 0 nitrogen and oxygen atoms in total. The van der Waals surface area contributed by atoms with Crippen molar-refractivity contribution in [3.8, 4) is 77.9 Å². The second kappa shape index (κ2) is 16.1. The summed E-state index contributed by atoms with van der Waals surface area (Å²) in [6, 6.07) is 99.4. The van der Waals surface area contributed by atoms with Gasteiger partial charge in [-0.2, -0.15) is 0 Å². The summed E-state index contributed by atoms with van der Waals surface area (Å²) >= 11 is 0. The van der Waals surface area contributed by atoms with Crippen LogP contribution in [0.3, 0.4) is 0 Å². The fourth-order valence-electron chi connectivity index (χ4n) is 12.5. The lowest BCUT2D eigenvalue weighted by molar-refractivity contribution is 1.57. The van der Waals surface area contributed by atoms with Crippen molar-refractivity contribution in [2.24, 2.45) is 0 Å². The van der Waals surface area contributed by atoms with Crippen molar-refractivity contribution in [2.45, 2.75) is 0 Å². The van der Waals surface area contributed by atoms with Gasteiger partial charge in [0, 0.05) is 0 Å². The first kappa shape index (κ1) is 40.5. The largest absolute Gasteiger partial charge is 0.0622 e. The Balaban J connectivity index is 1.07. The third-order valence-corrected chi connectivity index (χ3v) is 15.5. The molecule has 0 N–H and O–H groups in total. The number of fused-ring (bicyclic) bond motifs is 8. The lowest BCUT2D eigenvalue weighted by atomic mass is 9.83. The Morgan fingerprint density at radius 3 is 1.24 bits per heavy atom. The van der Waals surface area contributed by atoms with Crippen molar-refractivity contribution in [3.05, 3.63) is 267 Å². The zero-order chi connectivity index (χ0) is 47.3. The molecule has 0 radical (unpaired) electrons. The van der Waals surface area contributed by atoms with Gasteiger partial charge in [-0.1, -0.05) is 249 Å². The summed E-state index contributed by atoms with van der Waals surface area (Å²) in [5.74, 6) is 0. The molecule has 332 valence electrons. The normalized spacial score (nSPS) is 11.9. The standard InChI is InChI=1S/C72H44/c1-5-18-45(19-6-1)46-36-38-47(39-37-46)52-28-13-29-53(42-52)68-70-61-35-17-32-58-57-41-40-54(66-55(48-20-7-2-8-21-48)30-16-31-56(66)49-22-9-3-10-23-49)43-62(57)63(69(58)61)44-64(70)67(51-24-11-4-12-25-51)71-59-33-14-26-50-27-15-34-60(65(50)59)72(68)71/h1-44H. The molecule has 0 amide bonds. The van der Waals surface area contributed by atoms with Crippen LogP contribution in [0.15, 0.2) is 267 Å². The predicted molar refractivity (Wildman–Crippen MR) is 309 cm³/mol. The third kappa shape index (κ3) is 6.13. The van der Waals surface area contributed by atoms with Crippen molar-refractivity contribution in [3.63, 3.8) is 0 Å². The highest BCUT2D eigenvalue weighted by Crippen LogP contribution is 2.55. The minimum atomic E-state index is 1.20. The first-order valence-electron chi connectivity index (χ1n) is 25.1. The van der Waals surface area contributed by atoms with Gasteiger partial charge in [0.25, 0.3) is 0 Å². The molecule has 0 bridgehead atoms. The molecule has 0 fully saturated rings. The molecule has 15 aromatic rings. The SMILES string of the molecule is c1ccc(-c2ccc(-c3cccc(-c4c5c(cc6c7cc(-c8c(-c9ccccc9)cccc8-c8ccccc8)ccc7c7cccc5c76)c(-c5ccccc5)c5c6cccc7cccc(c45)c76)c3)cc2)cc1. The number of benzene rings is 13. The second-order valence-electron chi connectivity index (χ2n) is 19.4. The Labute approximate surface area is 418 Å². The van der Waals surface area contributed by atoms with Crippen molar-refractivity contribution in [1.29, 1.82) is 0 Å². The first-order valence-corrected chi connectivity index (χ1v) is 25.1. The van der Waals surface area contributed by atoms with Crippen LogP contribution < -0.4 is 0 Å². The van der Waals surface area contributed by atoms with Crippen LogP contribution in [0.5, 0.6) is 0 Å². The molecule has 15 aromatic carbocycles. The van der Waals surface area contributed by atoms with E-state index < -0.39 is 0 Å². The average Bonchev–Trinajstić information content (AvgIpc) is 3.96. The monoisotopic (exact) mass is 908 g/mol. The van der Waals surface area contributed by atoms with E-state index in [0.29, 0.717) is 0 Å². The Hall–Kier alpha value is -9.36. The summed E-state index contributed by atoms with van der Waals surface area (Å²) in [5, 5.41) is 18.1. The first-order chi connectivity index (χ1) is 35.7. The van der Waals surface area contributed by atoms with Crippen LogP contribution in [-0.4, -0.2) is 0 Å². The predicted octanol–water partition coefficient (Wildman–Crippen LogP) is 20.3. The highest BCUT2D eigenvalue weighted by atomic mass is 14.3. The molecule has 0 saturated heterocycles. The van der Waals surface area contributed by atoms with Crippen molar-refractivity contribution in [2.75, 3.05) is 0 Å². The second-order valence-corrected chi connectivity index (χ2v) is 19.4. The van der Waals surface area contributed by atoms with Crippen LogP contribution in [0, 0.1) is 0 Å². The van der Waals surface area contributed by atoms with E-state index in [0.717, 1.165) is 0 Å². The van der Waals surface area contributed by atoms with Gasteiger partial charge in [-0.3, -0.25) is 0 Å². The van der Waals surface area contributed by atoms with Gasteiger partial charge in [0.15, 0.2) is 0 Å². The molecule has 0 saturated carbocycles. The van der Waals surface area contributed by atoms with E-state index >= 15 is 0 Å². The summed E-state index contributed by atoms with van der Waals surface area (Å²) in [4.78, 5) is 0. The highest BCUT2D eigenvalue weighted by molar-refractivity contribution is 6.45. The third-order valence-electron chi connectivity index (χ3n) is 15.5. The molecule has 0 heteroatoms. The van der Waals surface area contributed by atoms with Crippen molar-refractivity contribution >= 4 is 75.4 Å². The molecule has 0 aromatic heterocycles. The molecule has 0 aliphatic carbocycles. The maximum atomic E-state index is 2.57. The Morgan fingerprint density at radius 1 is 0.153 bits per heavy atom. The van der Waals surface area contributed by atoms with Crippen molar-refractivity contribution < 1.29 is 0 Å². The van der Waals surface area contributed by atoms with Crippen LogP contribution in [0.25, 0.3) is 153 Å². The summed E-state index contributed by atoms with van der Waals surface area (Å²) < 4.78 is 0. The van der Waals surface area contributed by atoms with Crippen LogP contribution in [-0.2, 0) is 0 Å². The Bertz CT molecular complexity index is 4490. The summed E-state index contributed by atoms with van der Waals surface area (Å²) in [5.41, 5.74) is 17.2. The van der Waals surface area contributed by atoms with E-state index in [1.807, 2.05) is 0 Å². The van der Waals surface area contributed by atoms with Crippen molar-refractivity contribution in [1.82, 2.24) is 0 Å². The van der Waals surface area contributed by atoms with E-state index in [2.05, 4.69) is 267 Å². The summed E-state index contributed by atoms with van der Waals surface area (Å²) in [6.07, 6.45) is 0. The van der Waals surface area contributed by atoms with Crippen LogP contribution in [0.2, 0.25) is 0 Å². The van der Waals surface area contributed by atoms with Crippen LogP contribution >= 0.6 is 0 Å². The van der Waals surface area contributed by atoms with E-state index in [4.69, 9.17) is 0 Å². The molecular weight excluding hydrogens is 865 g/mol. The van der Waals surface area contributed by atoms with E-state index in [-0.39, 0.29) is 0 Å². The maximum Gasteiger partial charge on any atom is -0.000719 e. The van der Waals surface area contributed by atoms with Gasteiger partial charge in [0.05, 0.1) is 0 Å². The zero-order valence-electron chi connectivity index (χ0n) is 39.4. The smallest absolute Gasteiger partial charge is 0.000719 e. The lowest BCUT2D eigenvalue weighted by Crippen LogP contribution is -1.92. The summed E-state index contributed by atoms with van der Waals surface area (Å²) in [6.45, 7) is 0. The number of hydrogen-bond donors (Lipinski definition) is 0. The molecule has 0 spiro atoms. The van der Waals surface area contributed by atoms with Gasteiger partial charge in [0.1, 0.15) is 0 Å². The van der Waals surface area contributed by atoms with Crippen LogP contribution in [0.1, 0.15) is 0 Å². The van der Waals surface area contributed by atoms with Gasteiger partial charge in [0.2, 0.25) is 0 Å². The minimum absolute atomic E-state index is 1.20. The molecule has 0 atom stereocenters. The van der Waals surface area contributed by atoms with Gasteiger partial charge < -0.3 is 0 Å². The molecule has 0 aliphatic heterocycles. The van der Waals surface area contributed by atoms with Gasteiger partial charge in [-0.25, -0.2) is 0 Å².